The summed E-state index contributed by atoms with van der Waals surface area (Å²) in [6.07, 6.45) is 7.62. The zero-order valence-electron chi connectivity index (χ0n) is 12.6. The Hall–Kier alpha value is -2.99. The average molecular weight is 337 g/mol. The molecular weight excluding hydrogens is 324 g/mol. The summed E-state index contributed by atoms with van der Waals surface area (Å²) in [4.78, 5) is 4.55. The summed E-state index contributed by atoms with van der Waals surface area (Å²) in [6.45, 7) is 0.487. The Kier molecular flexibility index (Phi) is 3.80. The van der Waals surface area contributed by atoms with E-state index in [-0.39, 0.29) is 0 Å². The van der Waals surface area contributed by atoms with Crippen LogP contribution in [-0.4, -0.2) is 29.6 Å². The van der Waals surface area contributed by atoms with Gasteiger partial charge in [-0.25, -0.2) is 9.67 Å². The molecule has 4 aromatic rings. The summed E-state index contributed by atoms with van der Waals surface area (Å²) in [5.74, 6) is 0.675. The zero-order valence-corrected chi connectivity index (χ0v) is 13.4. The van der Waals surface area contributed by atoms with E-state index in [0.717, 1.165) is 16.9 Å². The summed E-state index contributed by atoms with van der Waals surface area (Å²) >= 11 is 6.00. The molecule has 0 amide bonds. The molecule has 0 aliphatic carbocycles. The number of pyridine rings is 1. The monoisotopic (exact) mass is 336 g/mol. The molecule has 7 heteroatoms. The van der Waals surface area contributed by atoms with Crippen LogP contribution in [0, 0.1) is 0 Å². The molecule has 0 N–H and O–H groups in total. The first-order valence-electron chi connectivity index (χ1n) is 7.40. The second-order valence-electron chi connectivity index (χ2n) is 5.28. The lowest BCUT2D eigenvalue weighted by Crippen LogP contribution is -2.04. The fraction of sp³-hybridized carbons (Fsp3) is 0.0588. The van der Waals surface area contributed by atoms with Gasteiger partial charge in [0, 0.05) is 12.4 Å². The van der Waals surface area contributed by atoms with Crippen LogP contribution in [0.25, 0.3) is 17.8 Å². The van der Waals surface area contributed by atoms with E-state index < -0.39 is 0 Å². The number of hydrogen-bond acceptors (Lipinski definition) is 4. The van der Waals surface area contributed by atoms with Gasteiger partial charge in [-0.2, -0.15) is 0 Å². The molecule has 0 aliphatic heterocycles. The number of tetrazole rings is 1. The first-order chi connectivity index (χ1) is 11.8. The fourth-order valence-corrected chi connectivity index (χ4v) is 2.59. The molecule has 6 nitrogen and oxygen atoms in total. The van der Waals surface area contributed by atoms with Gasteiger partial charge >= 0.3 is 0 Å². The molecule has 0 bridgehead atoms. The molecule has 0 unspecified atom stereocenters. The Labute approximate surface area is 143 Å². The first kappa shape index (κ1) is 14.6. The molecular formula is C17H13ClN6. The highest BCUT2D eigenvalue weighted by molar-refractivity contribution is 6.30. The van der Waals surface area contributed by atoms with Gasteiger partial charge in [-0.3, -0.25) is 0 Å². The maximum absolute atomic E-state index is 6.00. The minimum Gasteiger partial charge on any atom is -0.305 e. The van der Waals surface area contributed by atoms with Gasteiger partial charge in [-0.05, 0) is 34.2 Å². The summed E-state index contributed by atoms with van der Waals surface area (Å²) in [5, 5.41) is 12.5. The zero-order chi connectivity index (χ0) is 16.4. The number of hydrogen-bond donors (Lipinski definition) is 0. The van der Waals surface area contributed by atoms with Crippen LogP contribution in [-0.2, 0) is 6.54 Å². The van der Waals surface area contributed by atoms with Crippen LogP contribution in [0.1, 0.15) is 17.1 Å². The van der Waals surface area contributed by atoms with Crippen molar-refractivity contribution in [1.29, 1.82) is 0 Å². The molecule has 0 fully saturated rings. The Bertz CT molecular complexity index is 1000. The van der Waals surface area contributed by atoms with E-state index in [9.17, 15) is 0 Å². The van der Waals surface area contributed by atoms with Crippen molar-refractivity contribution >= 4 is 29.4 Å². The number of halogens is 1. The predicted octanol–water partition coefficient (Wildman–Crippen LogP) is 3.19. The molecule has 0 radical (unpaired) electrons. The number of nitrogens with zero attached hydrogens (tertiary/aromatic N) is 6. The molecule has 0 saturated heterocycles. The third-order valence-corrected chi connectivity index (χ3v) is 3.78. The van der Waals surface area contributed by atoms with Crippen LogP contribution in [0.4, 0.5) is 0 Å². The number of benzene rings is 1. The second kappa shape index (κ2) is 6.25. The van der Waals surface area contributed by atoms with Crippen LogP contribution in [0.15, 0.2) is 54.9 Å². The molecule has 4 rings (SSSR count). The Balaban J connectivity index is 1.58. The molecule has 0 aliphatic rings. The van der Waals surface area contributed by atoms with Crippen molar-refractivity contribution < 1.29 is 0 Å². The van der Waals surface area contributed by atoms with Crippen molar-refractivity contribution in [3.8, 4) is 0 Å². The van der Waals surface area contributed by atoms with Crippen molar-refractivity contribution in [2.75, 3.05) is 0 Å². The van der Waals surface area contributed by atoms with Crippen LogP contribution in [0.5, 0.6) is 0 Å². The second-order valence-corrected chi connectivity index (χ2v) is 5.72. The minimum absolute atomic E-state index is 0.487. The quantitative estimate of drug-likeness (QED) is 0.574. The normalized spacial score (nSPS) is 11.5. The molecule has 3 heterocycles. The van der Waals surface area contributed by atoms with Crippen molar-refractivity contribution in [3.63, 3.8) is 0 Å². The predicted molar refractivity (Wildman–Crippen MR) is 92.5 cm³/mol. The van der Waals surface area contributed by atoms with Gasteiger partial charge in [0.25, 0.3) is 0 Å². The number of imidazole rings is 1. The van der Waals surface area contributed by atoms with Gasteiger partial charge in [0.15, 0.2) is 5.82 Å². The van der Waals surface area contributed by atoms with Gasteiger partial charge in [-0.15, -0.1) is 5.10 Å². The molecule has 1 aromatic carbocycles. The Morgan fingerprint density at radius 1 is 1.00 bits per heavy atom. The number of rotatable bonds is 4. The lowest BCUT2D eigenvalue weighted by molar-refractivity contribution is 0.636. The number of aromatic nitrogens is 6. The SMILES string of the molecule is Clc1ccc2nc(Cn3nnnc3C=Cc3ccccc3)cn2c1. The molecule has 3 aromatic heterocycles. The fourth-order valence-electron chi connectivity index (χ4n) is 2.43. The van der Waals surface area contributed by atoms with E-state index in [1.807, 2.05) is 71.4 Å². The van der Waals surface area contributed by atoms with Crippen molar-refractivity contribution in [3.05, 3.63) is 77.0 Å². The maximum Gasteiger partial charge on any atom is 0.175 e. The van der Waals surface area contributed by atoms with E-state index in [2.05, 4.69) is 20.5 Å². The molecule has 118 valence electrons. The number of fused-ring (bicyclic) bond motifs is 1. The third-order valence-electron chi connectivity index (χ3n) is 3.56. The summed E-state index contributed by atoms with van der Waals surface area (Å²) in [7, 11) is 0. The van der Waals surface area contributed by atoms with Gasteiger partial charge in [0.05, 0.1) is 17.3 Å². The summed E-state index contributed by atoms with van der Waals surface area (Å²) in [5.41, 5.74) is 2.79. The highest BCUT2D eigenvalue weighted by atomic mass is 35.5. The average Bonchev–Trinajstić information content (AvgIpc) is 3.20. The lowest BCUT2D eigenvalue weighted by Gasteiger charge is -1.98. The van der Waals surface area contributed by atoms with Gasteiger partial charge in [0.2, 0.25) is 0 Å². The highest BCUT2D eigenvalue weighted by Crippen LogP contribution is 2.13. The van der Waals surface area contributed by atoms with Gasteiger partial charge < -0.3 is 4.40 Å². The first-order valence-corrected chi connectivity index (χ1v) is 7.78. The maximum atomic E-state index is 6.00. The molecule has 0 saturated carbocycles. The third kappa shape index (κ3) is 3.04. The summed E-state index contributed by atoms with van der Waals surface area (Å²) in [6, 6.07) is 13.7. The molecule has 0 atom stereocenters. The van der Waals surface area contributed by atoms with E-state index in [0.29, 0.717) is 17.4 Å². The van der Waals surface area contributed by atoms with Crippen LogP contribution in [0.3, 0.4) is 0 Å². The van der Waals surface area contributed by atoms with Gasteiger partial charge in [-0.1, -0.05) is 48.0 Å². The van der Waals surface area contributed by atoms with Crippen molar-refractivity contribution in [1.82, 2.24) is 29.6 Å². The van der Waals surface area contributed by atoms with Crippen LogP contribution >= 0.6 is 11.6 Å². The summed E-state index contributed by atoms with van der Waals surface area (Å²) < 4.78 is 3.60. The van der Waals surface area contributed by atoms with E-state index in [4.69, 9.17) is 11.6 Å². The van der Waals surface area contributed by atoms with E-state index >= 15 is 0 Å². The minimum atomic E-state index is 0.487. The highest BCUT2D eigenvalue weighted by Gasteiger charge is 2.07. The van der Waals surface area contributed by atoms with Crippen molar-refractivity contribution in [2.24, 2.45) is 0 Å². The Morgan fingerprint density at radius 3 is 2.75 bits per heavy atom. The van der Waals surface area contributed by atoms with Gasteiger partial charge in [0.1, 0.15) is 5.65 Å². The Morgan fingerprint density at radius 2 is 1.88 bits per heavy atom. The van der Waals surface area contributed by atoms with Crippen molar-refractivity contribution in [2.45, 2.75) is 6.54 Å². The van der Waals surface area contributed by atoms with E-state index in [1.54, 1.807) is 4.68 Å². The van der Waals surface area contributed by atoms with Crippen LogP contribution < -0.4 is 0 Å². The molecule has 0 spiro atoms. The largest absolute Gasteiger partial charge is 0.305 e. The topological polar surface area (TPSA) is 60.9 Å². The standard InChI is InChI=1S/C17H13ClN6/c18-14-7-9-16-19-15(11-23(16)10-14)12-24-17(20-21-22-24)8-6-13-4-2-1-3-5-13/h1-11H,12H2. The van der Waals surface area contributed by atoms with E-state index in [1.165, 1.54) is 0 Å². The lowest BCUT2D eigenvalue weighted by atomic mass is 10.2. The van der Waals surface area contributed by atoms with Crippen LogP contribution in [0.2, 0.25) is 5.02 Å². The molecule has 24 heavy (non-hydrogen) atoms. The smallest absolute Gasteiger partial charge is 0.175 e.